The highest BCUT2D eigenvalue weighted by molar-refractivity contribution is 7.87. The maximum atomic E-state index is 12.3. The Balaban J connectivity index is 1.80. The minimum Gasteiger partial charge on any atom is -0.385 e. The summed E-state index contributed by atoms with van der Waals surface area (Å²) in [5.74, 6) is 0.470. The van der Waals surface area contributed by atoms with E-state index < -0.39 is 10.2 Å². The second-order valence-corrected chi connectivity index (χ2v) is 7.90. The molecule has 0 spiro atoms. The molecule has 1 saturated carbocycles. The Morgan fingerprint density at radius 2 is 2.00 bits per heavy atom. The van der Waals surface area contributed by atoms with Crippen LogP contribution < -0.4 is 10.5 Å². The van der Waals surface area contributed by atoms with E-state index >= 15 is 0 Å². The average Bonchev–Trinajstić information content (AvgIpc) is 3.24. The van der Waals surface area contributed by atoms with Gasteiger partial charge in [-0.2, -0.15) is 12.7 Å². The third-order valence-corrected chi connectivity index (χ3v) is 6.22. The van der Waals surface area contributed by atoms with Crippen molar-refractivity contribution in [3.8, 4) is 0 Å². The zero-order valence-corrected chi connectivity index (χ0v) is 13.1. The molecule has 0 aromatic carbocycles. The largest absolute Gasteiger partial charge is 0.385 e. The molecule has 1 saturated heterocycles. The first-order valence-corrected chi connectivity index (χ1v) is 8.89. The van der Waals surface area contributed by atoms with Gasteiger partial charge in [0, 0.05) is 33.4 Å². The Morgan fingerprint density at radius 3 is 2.50 bits per heavy atom. The molecule has 1 heterocycles. The van der Waals surface area contributed by atoms with E-state index in [1.54, 1.807) is 11.4 Å². The lowest BCUT2D eigenvalue weighted by Gasteiger charge is -2.31. The van der Waals surface area contributed by atoms with Gasteiger partial charge in [0.2, 0.25) is 0 Å². The van der Waals surface area contributed by atoms with E-state index in [9.17, 15) is 8.42 Å². The number of hydrogen-bond acceptors (Lipinski definition) is 4. The van der Waals surface area contributed by atoms with E-state index in [2.05, 4.69) is 4.72 Å². The minimum absolute atomic E-state index is 0.138. The summed E-state index contributed by atoms with van der Waals surface area (Å²) in [7, 11) is -1.65. The topological polar surface area (TPSA) is 84.7 Å². The van der Waals surface area contributed by atoms with E-state index in [1.807, 2.05) is 0 Å². The predicted octanol–water partition coefficient (Wildman–Crippen LogP) is 0.308. The van der Waals surface area contributed by atoms with Gasteiger partial charge in [0.1, 0.15) is 0 Å². The standard InChI is InChI=1S/C13H27N3O3S/c1-19-9-6-13(4-5-13)11-15-20(17,18)16-7-2-12(10-14)3-8-16/h12,15H,2-11,14H2,1H3. The van der Waals surface area contributed by atoms with Crippen molar-refractivity contribution in [1.29, 1.82) is 0 Å². The summed E-state index contributed by atoms with van der Waals surface area (Å²) in [5, 5.41) is 0. The number of nitrogens with one attached hydrogen (secondary N) is 1. The highest BCUT2D eigenvalue weighted by atomic mass is 32.2. The molecular formula is C13H27N3O3S. The van der Waals surface area contributed by atoms with Crippen LogP contribution in [0.3, 0.4) is 0 Å². The quantitative estimate of drug-likeness (QED) is 0.676. The molecule has 118 valence electrons. The SMILES string of the molecule is COCCC1(CNS(=O)(=O)N2CCC(CN)CC2)CC1. The van der Waals surface area contributed by atoms with E-state index in [0.29, 0.717) is 38.7 Å². The molecule has 7 heteroatoms. The van der Waals surface area contributed by atoms with E-state index in [4.69, 9.17) is 10.5 Å². The maximum absolute atomic E-state index is 12.3. The Hall–Kier alpha value is -0.210. The Bertz CT molecular complexity index is 401. The van der Waals surface area contributed by atoms with Gasteiger partial charge >= 0.3 is 0 Å². The Morgan fingerprint density at radius 1 is 1.35 bits per heavy atom. The summed E-state index contributed by atoms with van der Waals surface area (Å²) >= 11 is 0. The van der Waals surface area contributed by atoms with Gasteiger partial charge in [-0.25, -0.2) is 4.72 Å². The molecule has 0 unspecified atom stereocenters. The summed E-state index contributed by atoms with van der Waals surface area (Å²) in [6.45, 7) is 3.06. The van der Waals surface area contributed by atoms with Crippen LogP contribution in [-0.2, 0) is 14.9 Å². The van der Waals surface area contributed by atoms with E-state index in [-0.39, 0.29) is 5.41 Å². The third-order valence-electron chi connectivity index (χ3n) is 4.67. The summed E-state index contributed by atoms with van der Waals surface area (Å²) < 4.78 is 34.0. The van der Waals surface area contributed by atoms with Crippen molar-refractivity contribution in [2.24, 2.45) is 17.1 Å². The van der Waals surface area contributed by atoms with Crippen LogP contribution in [0.4, 0.5) is 0 Å². The fourth-order valence-electron chi connectivity index (χ4n) is 2.73. The third kappa shape index (κ3) is 4.14. The van der Waals surface area contributed by atoms with E-state index in [1.165, 1.54) is 0 Å². The van der Waals surface area contributed by atoms with Gasteiger partial charge in [0.15, 0.2) is 0 Å². The lowest BCUT2D eigenvalue weighted by atomic mass is 9.99. The number of rotatable bonds is 8. The van der Waals surface area contributed by atoms with Crippen LogP contribution in [0.15, 0.2) is 0 Å². The molecule has 20 heavy (non-hydrogen) atoms. The highest BCUT2D eigenvalue weighted by Gasteiger charge is 2.43. The van der Waals surface area contributed by atoms with Crippen LogP contribution in [0.1, 0.15) is 32.1 Å². The molecule has 3 N–H and O–H groups in total. The first-order valence-electron chi connectivity index (χ1n) is 7.45. The van der Waals surface area contributed by atoms with Gasteiger partial charge in [-0.05, 0) is 50.0 Å². The van der Waals surface area contributed by atoms with Crippen molar-refractivity contribution >= 4 is 10.2 Å². The van der Waals surface area contributed by atoms with Crippen LogP contribution in [0, 0.1) is 11.3 Å². The lowest BCUT2D eigenvalue weighted by molar-refractivity contribution is 0.172. The van der Waals surface area contributed by atoms with Crippen LogP contribution >= 0.6 is 0 Å². The molecule has 0 radical (unpaired) electrons. The Labute approximate surface area is 122 Å². The molecule has 0 bridgehead atoms. The molecular weight excluding hydrogens is 278 g/mol. The van der Waals surface area contributed by atoms with Crippen molar-refractivity contribution in [3.63, 3.8) is 0 Å². The van der Waals surface area contributed by atoms with Gasteiger partial charge < -0.3 is 10.5 Å². The fraction of sp³-hybridized carbons (Fsp3) is 1.00. The molecule has 2 fully saturated rings. The van der Waals surface area contributed by atoms with Crippen molar-refractivity contribution in [2.45, 2.75) is 32.1 Å². The maximum Gasteiger partial charge on any atom is 0.279 e. The van der Waals surface area contributed by atoms with Gasteiger partial charge in [-0.15, -0.1) is 0 Å². The van der Waals surface area contributed by atoms with Crippen LogP contribution in [-0.4, -0.2) is 52.6 Å². The van der Waals surface area contributed by atoms with Crippen LogP contribution in [0.5, 0.6) is 0 Å². The van der Waals surface area contributed by atoms with Crippen molar-refractivity contribution in [2.75, 3.05) is 39.9 Å². The number of methoxy groups -OCH3 is 1. The molecule has 0 amide bonds. The highest BCUT2D eigenvalue weighted by Crippen LogP contribution is 2.48. The molecule has 2 rings (SSSR count). The molecule has 0 aromatic rings. The molecule has 1 aliphatic heterocycles. The second kappa shape index (κ2) is 6.70. The number of hydrogen-bond donors (Lipinski definition) is 2. The summed E-state index contributed by atoms with van der Waals surface area (Å²) in [4.78, 5) is 0. The van der Waals surface area contributed by atoms with Gasteiger partial charge in [0.05, 0.1) is 0 Å². The first-order chi connectivity index (χ1) is 9.51. The summed E-state index contributed by atoms with van der Waals surface area (Å²) in [6.07, 6.45) is 4.85. The number of nitrogens with two attached hydrogens (primary N) is 1. The smallest absolute Gasteiger partial charge is 0.279 e. The van der Waals surface area contributed by atoms with Crippen molar-refractivity contribution in [3.05, 3.63) is 0 Å². The normalized spacial score (nSPS) is 23.9. The fourth-order valence-corrected chi connectivity index (χ4v) is 4.09. The molecule has 2 aliphatic rings. The molecule has 1 aliphatic carbocycles. The van der Waals surface area contributed by atoms with Crippen LogP contribution in [0.25, 0.3) is 0 Å². The lowest BCUT2D eigenvalue weighted by Crippen LogP contribution is -2.47. The molecule has 0 atom stereocenters. The van der Waals surface area contributed by atoms with Gasteiger partial charge in [-0.3, -0.25) is 0 Å². The summed E-state index contributed by atoms with van der Waals surface area (Å²) in [5.41, 5.74) is 5.77. The predicted molar refractivity (Wildman–Crippen MR) is 78.4 cm³/mol. The van der Waals surface area contributed by atoms with Gasteiger partial charge in [-0.1, -0.05) is 0 Å². The zero-order chi connectivity index (χ0) is 14.6. The van der Waals surface area contributed by atoms with Gasteiger partial charge in [0.25, 0.3) is 10.2 Å². The summed E-state index contributed by atoms with van der Waals surface area (Å²) in [6, 6.07) is 0. The Kier molecular flexibility index (Phi) is 5.42. The monoisotopic (exact) mass is 305 g/mol. The van der Waals surface area contributed by atoms with Crippen molar-refractivity contribution < 1.29 is 13.2 Å². The van der Waals surface area contributed by atoms with Crippen molar-refractivity contribution in [1.82, 2.24) is 9.03 Å². The minimum atomic E-state index is -3.33. The van der Waals surface area contributed by atoms with E-state index in [0.717, 1.165) is 32.1 Å². The molecule has 6 nitrogen and oxygen atoms in total. The number of piperidine rings is 1. The second-order valence-electron chi connectivity index (χ2n) is 6.15. The first kappa shape index (κ1) is 16.2. The van der Waals surface area contributed by atoms with Crippen LogP contribution in [0.2, 0.25) is 0 Å². The number of ether oxygens (including phenoxy) is 1. The molecule has 0 aromatic heterocycles. The average molecular weight is 305 g/mol. The zero-order valence-electron chi connectivity index (χ0n) is 12.3. The number of nitrogens with zero attached hydrogens (tertiary/aromatic N) is 1.